The molecule has 0 aliphatic heterocycles. The summed E-state index contributed by atoms with van der Waals surface area (Å²) in [5, 5.41) is 0. The van der Waals surface area contributed by atoms with Gasteiger partial charge >= 0.3 is 0 Å². The molecule has 0 fully saturated rings. The quantitative estimate of drug-likeness (QED) is 0.369. The summed E-state index contributed by atoms with van der Waals surface area (Å²) < 4.78 is 0. The SMILES string of the molecule is C#[Si]C#CC.C#[Si]C=CC. The Hall–Kier alpha value is -0.706. The van der Waals surface area contributed by atoms with Crippen molar-refractivity contribution in [2.24, 2.45) is 0 Å². The monoisotopic (exact) mass is 162 g/mol. The molecule has 0 aromatic rings. The van der Waals surface area contributed by atoms with Gasteiger partial charge in [0.15, 0.2) is 0 Å². The molecule has 0 N–H and O–H groups in total. The third-order valence-corrected chi connectivity index (χ3v) is 1.38. The second-order valence-corrected chi connectivity index (χ2v) is 2.39. The van der Waals surface area contributed by atoms with Gasteiger partial charge in [0, 0.05) is 8.96 Å². The van der Waals surface area contributed by atoms with Crippen LogP contribution in [0.2, 0.25) is 0 Å². The average molecular weight is 162 g/mol. The lowest BCUT2D eigenvalue weighted by Crippen LogP contribution is -1.49. The van der Waals surface area contributed by atoms with Crippen LogP contribution in [0, 0.1) is 23.5 Å². The minimum atomic E-state index is 0.297. The molecule has 0 amide bonds. The van der Waals surface area contributed by atoms with Crippen LogP contribution >= 0.6 is 0 Å². The van der Waals surface area contributed by atoms with Gasteiger partial charge in [-0.15, -0.1) is 11.9 Å². The number of hydrogen-bond donors (Lipinski definition) is 0. The van der Waals surface area contributed by atoms with Crippen molar-refractivity contribution in [3.8, 4) is 23.5 Å². The highest BCUT2D eigenvalue weighted by Crippen LogP contribution is 1.53. The standard InChI is InChI=1S/C4H6Si.C4H4Si/c2*1-3-4-5-2/h2-4H,1H3;2H,1H3. The molecule has 0 spiro atoms. The first-order valence-electron chi connectivity index (χ1n) is 2.78. The van der Waals surface area contributed by atoms with Crippen molar-refractivity contribution in [2.75, 3.05) is 0 Å². The average Bonchev–Trinajstić information content (AvgIpc) is 1.93. The Labute approximate surface area is 67.5 Å². The maximum atomic E-state index is 5.08. The normalized spacial score (nSPS) is 5.60. The molecule has 0 radical (unpaired) electrons. The van der Waals surface area contributed by atoms with Crippen molar-refractivity contribution in [3.63, 3.8) is 0 Å². The van der Waals surface area contributed by atoms with Crippen LogP contribution in [0.25, 0.3) is 0 Å². The van der Waals surface area contributed by atoms with Gasteiger partial charge in [-0.1, -0.05) is 11.6 Å². The Bertz CT molecular complexity index is 214. The molecule has 0 saturated carbocycles. The summed E-state index contributed by atoms with van der Waals surface area (Å²) in [5.74, 6) is 2.65. The highest BCUT2D eigenvalue weighted by molar-refractivity contribution is 6.33. The first-order valence-corrected chi connectivity index (χ1v) is 5.01. The van der Waals surface area contributed by atoms with Gasteiger partial charge in [0.05, 0.1) is 8.96 Å². The van der Waals surface area contributed by atoms with E-state index >= 15 is 0 Å². The van der Waals surface area contributed by atoms with Gasteiger partial charge in [0.2, 0.25) is 0 Å². The lowest BCUT2D eigenvalue weighted by Gasteiger charge is -1.51. The van der Waals surface area contributed by atoms with Crippen molar-refractivity contribution < 1.29 is 0 Å². The molecule has 0 bridgehead atoms. The van der Waals surface area contributed by atoms with Crippen LogP contribution < -0.4 is 0 Å². The first kappa shape index (κ1) is 12.0. The highest BCUT2D eigenvalue weighted by atomic mass is 28.2. The lowest BCUT2D eigenvalue weighted by atomic mass is 10.8. The minimum Gasteiger partial charge on any atom is -0.154 e. The van der Waals surface area contributed by atoms with E-state index in [-0.39, 0.29) is 0 Å². The fourth-order valence-electron chi connectivity index (χ4n) is 0.168. The summed E-state index contributed by atoms with van der Waals surface area (Å²) in [7, 11) is 0.774. The van der Waals surface area contributed by atoms with Gasteiger partial charge in [-0.25, -0.2) is 0 Å². The molecule has 0 aliphatic rings. The Morgan fingerprint density at radius 3 is 2.00 bits per heavy atom. The summed E-state index contributed by atoms with van der Waals surface area (Å²) in [5.41, 5.74) is 4.60. The Kier molecular flexibility index (Phi) is 18.9. The van der Waals surface area contributed by atoms with Crippen LogP contribution in [-0.2, 0) is 0 Å². The summed E-state index contributed by atoms with van der Waals surface area (Å²) in [6, 6.07) is 10.1. The van der Waals surface area contributed by atoms with Crippen molar-refractivity contribution in [3.05, 3.63) is 11.8 Å². The van der Waals surface area contributed by atoms with Gasteiger partial charge in [0.1, 0.15) is 0 Å². The number of hydrogen-bond acceptors (Lipinski definition) is 0. The highest BCUT2D eigenvalue weighted by Gasteiger charge is 1.41. The first-order chi connectivity index (χ1) is 4.83. The molecule has 0 nitrogen and oxygen atoms in total. The van der Waals surface area contributed by atoms with Crippen molar-refractivity contribution in [1.29, 1.82) is 0 Å². The molecular weight excluding hydrogens is 152 g/mol. The maximum Gasteiger partial charge on any atom is 0.0803 e. The van der Waals surface area contributed by atoms with E-state index < -0.39 is 0 Å². The van der Waals surface area contributed by atoms with Crippen LogP contribution in [0.1, 0.15) is 13.8 Å². The molecular formula is C8H10Si2. The zero-order valence-electron chi connectivity index (χ0n) is 6.31. The summed E-state index contributed by atoms with van der Waals surface area (Å²) >= 11 is 0. The fourth-order valence-corrected chi connectivity index (χ4v) is 0.505. The number of allylic oxidation sites excluding steroid dienone is 1. The van der Waals surface area contributed by atoms with Crippen LogP contribution in [-0.4, -0.2) is 17.9 Å². The molecule has 0 aliphatic carbocycles. The van der Waals surface area contributed by atoms with E-state index in [1.807, 2.05) is 18.7 Å². The number of rotatable bonds is 0. The smallest absolute Gasteiger partial charge is 0.0803 e. The van der Waals surface area contributed by atoms with Crippen LogP contribution in [0.5, 0.6) is 0 Å². The second-order valence-electron chi connectivity index (χ2n) is 1.19. The van der Waals surface area contributed by atoms with E-state index in [0.29, 0.717) is 17.9 Å². The predicted octanol–water partition coefficient (Wildman–Crippen LogP) is 1.07. The molecule has 0 unspecified atom stereocenters. The largest absolute Gasteiger partial charge is 0.154 e. The fraction of sp³-hybridized carbons (Fsp3) is 0.250. The van der Waals surface area contributed by atoms with E-state index in [1.54, 1.807) is 6.92 Å². The van der Waals surface area contributed by atoms with Crippen LogP contribution in [0.15, 0.2) is 11.8 Å². The van der Waals surface area contributed by atoms with Crippen molar-refractivity contribution >= 4 is 17.9 Å². The second kappa shape index (κ2) is 15.7. The van der Waals surface area contributed by atoms with Crippen LogP contribution in [0.4, 0.5) is 0 Å². The lowest BCUT2D eigenvalue weighted by molar-refractivity contribution is 1.78. The van der Waals surface area contributed by atoms with E-state index in [0.717, 1.165) is 0 Å². The van der Waals surface area contributed by atoms with E-state index in [4.69, 9.17) is 12.0 Å². The van der Waals surface area contributed by atoms with Crippen molar-refractivity contribution in [1.82, 2.24) is 0 Å². The molecule has 0 saturated heterocycles. The van der Waals surface area contributed by atoms with Gasteiger partial charge < -0.3 is 0 Å². The van der Waals surface area contributed by atoms with E-state index in [2.05, 4.69) is 11.5 Å². The maximum absolute atomic E-state index is 5.08. The Balaban J connectivity index is 0. The van der Waals surface area contributed by atoms with Gasteiger partial charge in [-0.05, 0) is 19.5 Å². The molecule has 0 aromatic carbocycles. The third-order valence-electron chi connectivity index (χ3n) is 0.460. The summed E-state index contributed by atoms with van der Waals surface area (Å²) in [4.78, 5) is 0. The van der Waals surface area contributed by atoms with Crippen LogP contribution in [0.3, 0.4) is 0 Å². The zero-order chi connectivity index (χ0) is 8.24. The van der Waals surface area contributed by atoms with Gasteiger partial charge in [0.25, 0.3) is 0 Å². The predicted molar refractivity (Wildman–Crippen MR) is 49.7 cm³/mol. The minimum absolute atomic E-state index is 0.297. The zero-order valence-corrected chi connectivity index (χ0v) is 8.31. The van der Waals surface area contributed by atoms with E-state index in [1.165, 1.54) is 0 Å². The van der Waals surface area contributed by atoms with E-state index in [9.17, 15) is 0 Å². The van der Waals surface area contributed by atoms with Gasteiger partial charge in [-0.3, -0.25) is 0 Å². The topological polar surface area (TPSA) is 0 Å². The molecule has 0 rings (SSSR count). The molecule has 2 heteroatoms. The molecule has 0 aromatic heterocycles. The summed E-state index contributed by atoms with van der Waals surface area (Å²) in [6.07, 6.45) is 1.94. The third kappa shape index (κ3) is 26.6. The Morgan fingerprint density at radius 2 is 2.00 bits per heavy atom. The molecule has 0 atom stereocenters. The van der Waals surface area contributed by atoms with Gasteiger partial charge in [-0.2, -0.15) is 6.00 Å². The summed E-state index contributed by atoms with van der Waals surface area (Å²) in [6.45, 7) is 3.74. The molecule has 0 heterocycles. The Morgan fingerprint density at radius 1 is 1.40 bits per heavy atom. The molecule has 10 heavy (non-hydrogen) atoms. The molecule has 50 valence electrons. The van der Waals surface area contributed by atoms with Crippen molar-refractivity contribution in [2.45, 2.75) is 13.8 Å².